The van der Waals surface area contributed by atoms with Crippen LogP contribution in [0.2, 0.25) is 0 Å². The van der Waals surface area contributed by atoms with Gasteiger partial charge in [0.1, 0.15) is 6.04 Å². The maximum Gasteiger partial charge on any atom is 0.255 e. The van der Waals surface area contributed by atoms with Crippen LogP contribution in [0.15, 0.2) is 96.2 Å². The van der Waals surface area contributed by atoms with Crippen molar-refractivity contribution >= 4 is 23.2 Å². The number of carbonyl (C=O) groups is 1. The van der Waals surface area contributed by atoms with E-state index in [9.17, 15) is 4.79 Å². The lowest BCUT2D eigenvalue weighted by molar-refractivity contribution is -0.113. The van der Waals surface area contributed by atoms with Gasteiger partial charge in [-0.25, -0.2) is 4.68 Å². The number of aromatic nitrogens is 3. The van der Waals surface area contributed by atoms with Crippen molar-refractivity contribution in [2.24, 2.45) is 0 Å². The molecule has 1 unspecified atom stereocenters. The van der Waals surface area contributed by atoms with Gasteiger partial charge in [-0.3, -0.25) is 4.79 Å². The molecule has 0 bridgehead atoms. The number of anilines is 3. The molecule has 1 aliphatic rings. The lowest BCUT2D eigenvalue weighted by Gasteiger charge is -2.28. The van der Waals surface area contributed by atoms with Crippen molar-refractivity contribution in [3.05, 3.63) is 102 Å². The van der Waals surface area contributed by atoms with Gasteiger partial charge < -0.3 is 15.5 Å². The van der Waals surface area contributed by atoms with Crippen LogP contribution in [0.4, 0.5) is 17.3 Å². The fraction of sp³-hybridized carbons (Fsp3) is 0.207. The molecule has 1 aromatic heterocycles. The Hall–Kier alpha value is -4.39. The summed E-state index contributed by atoms with van der Waals surface area (Å²) in [6.45, 7) is 8.12. The van der Waals surface area contributed by atoms with Gasteiger partial charge in [0, 0.05) is 35.7 Å². The number of para-hydroxylation sites is 1. The van der Waals surface area contributed by atoms with E-state index in [1.165, 1.54) is 5.69 Å². The molecule has 0 saturated carbocycles. The first kappa shape index (κ1) is 23.4. The van der Waals surface area contributed by atoms with Crippen molar-refractivity contribution in [3.8, 4) is 11.4 Å². The molecule has 1 amide bonds. The highest BCUT2D eigenvalue weighted by Crippen LogP contribution is 2.37. The zero-order valence-electron chi connectivity index (χ0n) is 20.8. The monoisotopic (exact) mass is 478 g/mol. The third kappa shape index (κ3) is 4.47. The first-order valence-corrected chi connectivity index (χ1v) is 12.3. The van der Waals surface area contributed by atoms with Gasteiger partial charge in [-0.05, 0) is 62.7 Å². The lowest BCUT2D eigenvalue weighted by Crippen LogP contribution is -2.31. The second kappa shape index (κ2) is 10.1. The Morgan fingerprint density at radius 3 is 2.22 bits per heavy atom. The molecule has 2 heterocycles. The average Bonchev–Trinajstić information content (AvgIpc) is 3.33. The molecule has 1 atom stereocenters. The molecule has 7 heteroatoms. The van der Waals surface area contributed by atoms with Gasteiger partial charge in [0.05, 0.1) is 5.57 Å². The zero-order chi connectivity index (χ0) is 25.1. The third-order valence-corrected chi connectivity index (χ3v) is 6.50. The second-order valence-electron chi connectivity index (χ2n) is 8.72. The number of amides is 1. The highest BCUT2D eigenvalue weighted by Gasteiger charge is 2.34. The predicted octanol–water partition coefficient (Wildman–Crippen LogP) is 5.72. The quantitative estimate of drug-likeness (QED) is 0.355. The van der Waals surface area contributed by atoms with E-state index >= 15 is 0 Å². The number of benzene rings is 3. The zero-order valence-corrected chi connectivity index (χ0v) is 20.8. The van der Waals surface area contributed by atoms with Crippen molar-refractivity contribution < 1.29 is 4.79 Å². The van der Waals surface area contributed by atoms with Crippen LogP contribution in [0.25, 0.3) is 11.4 Å². The first-order valence-electron chi connectivity index (χ1n) is 12.3. The van der Waals surface area contributed by atoms with Crippen molar-refractivity contribution in [3.63, 3.8) is 0 Å². The standard InChI is InChI=1S/C29H30N6O/c1-4-34(5-2)24-18-16-22(17-19-24)27-32-29-30-20(3)25(28(36)31-23-14-10-7-11-15-23)26(35(29)33-27)21-12-8-6-9-13-21/h6-19,26H,4-5H2,1-3H3,(H,31,36)(H,30,32,33). The minimum absolute atomic E-state index is 0.175. The van der Waals surface area contributed by atoms with E-state index in [-0.39, 0.29) is 5.91 Å². The molecule has 5 rings (SSSR count). The van der Waals surface area contributed by atoms with E-state index in [0.717, 1.165) is 35.6 Å². The number of rotatable bonds is 7. The number of hydrogen-bond acceptors (Lipinski definition) is 5. The SMILES string of the molecule is CCN(CC)c1ccc(-c2nc3n(n2)C(c2ccccc2)C(C(=O)Nc2ccccc2)=C(C)N3)cc1. The summed E-state index contributed by atoms with van der Waals surface area (Å²) in [5.74, 6) is 1.05. The Morgan fingerprint density at radius 1 is 0.944 bits per heavy atom. The van der Waals surface area contributed by atoms with Crippen LogP contribution in [0.1, 0.15) is 32.4 Å². The minimum atomic E-state index is -0.414. The predicted molar refractivity (Wildman–Crippen MR) is 145 cm³/mol. The molecular formula is C29H30N6O. The Kier molecular flexibility index (Phi) is 6.54. The molecule has 0 radical (unpaired) electrons. The van der Waals surface area contributed by atoms with Crippen molar-refractivity contribution in [1.82, 2.24) is 14.8 Å². The summed E-state index contributed by atoms with van der Waals surface area (Å²) >= 11 is 0. The van der Waals surface area contributed by atoms with Gasteiger partial charge in [-0.15, -0.1) is 5.10 Å². The van der Waals surface area contributed by atoms with E-state index in [0.29, 0.717) is 17.3 Å². The molecule has 2 N–H and O–H groups in total. The lowest BCUT2D eigenvalue weighted by atomic mass is 9.95. The summed E-state index contributed by atoms with van der Waals surface area (Å²) in [7, 11) is 0. The van der Waals surface area contributed by atoms with Gasteiger partial charge in [0.25, 0.3) is 5.91 Å². The van der Waals surface area contributed by atoms with E-state index in [1.54, 1.807) is 0 Å². The molecule has 4 aromatic rings. The number of fused-ring (bicyclic) bond motifs is 1. The Balaban J connectivity index is 1.53. The van der Waals surface area contributed by atoms with Crippen molar-refractivity contribution in [1.29, 1.82) is 0 Å². The van der Waals surface area contributed by atoms with Crippen LogP contribution in [-0.2, 0) is 4.79 Å². The number of nitrogens with zero attached hydrogens (tertiary/aromatic N) is 4. The van der Waals surface area contributed by atoms with Crippen LogP contribution < -0.4 is 15.5 Å². The van der Waals surface area contributed by atoms with E-state index in [4.69, 9.17) is 10.1 Å². The molecule has 0 saturated heterocycles. The van der Waals surface area contributed by atoms with Crippen LogP contribution >= 0.6 is 0 Å². The number of allylic oxidation sites excluding steroid dienone is 1. The van der Waals surface area contributed by atoms with Gasteiger partial charge in [0.2, 0.25) is 5.95 Å². The number of nitrogens with one attached hydrogen (secondary N) is 2. The van der Waals surface area contributed by atoms with E-state index in [1.807, 2.05) is 72.3 Å². The molecule has 0 aliphatic carbocycles. The van der Waals surface area contributed by atoms with Gasteiger partial charge >= 0.3 is 0 Å². The van der Waals surface area contributed by atoms with Crippen LogP contribution in [0, 0.1) is 0 Å². The summed E-state index contributed by atoms with van der Waals surface area (Å²) in [5, 5.41) is 11.2. The molecule has 7 nitrogen and oxygen atoms in total. The maximum atomic E-state index is 13.5. The summed E-state index contributed by atoms with van der Waals surface area (Å²) in [6.07, 6.45) is 0. The minimum Gasteiger partial charge on any atom is -0.372 e. The number of carbonyl (C=O) groups excluding carboxylic acids is 1. The van der Waals surface area contributed by atoms with Crippen LogP contribution in [0.5, 0.6) is 0 Å². The molecular weight excluding hydrogens is 448 g/mol. The Bertz CT molecular complexity index is 1370. The fourth-order valence-corrected chi connectivity index (χ4v) is 4.64. The van der Waals surface area contributed by atoms with Crippen molar-refractivity contribution in [2.75, 3.05) is 28.6 Å². The van der Waals surface area contributed by atoms with Crippen LogP contribution in [0.3, 0.4) is 0 Å². The first-order chi connectivity index (χ1) is 17.6. The Labute approximate surface area is 211 Å². The van der Waals surface area contributed by atoms with Gasteiger partial charge in [-0.2, -0.15) is 4.98 Å². The normalized spacial score (nSPS) is 14.7. The number of hydrogen-bond donors (Lipinski definition) is 2. The summed E-state index contributed by atoms with van der Waals surface area (Å²) in [4.78, 5) is 20.6. The highest BCUT2D eigenvalue weighted by atomic mass is 16.1. The van der Waals surface area contributed by atoms with Gasteiger partial charge in [0.15, 0.2) is 5.82 Å². The third-order valence-electron chi connectivity index (χ3n) is 6.50. The Morgan fingerprint density at radius 2 is 1.58 bits per heavy atom. The summed E-state index contributed by atoms with van der Waals surface area (Å²) in [5.41, 5.74) is 5.16. The van der Waals surface area contributed by atoms with Gasteiger partial charge in [-0.1, -0.05) is 48.5 Å². The fourth-order valence-electron chi connectivity index (χ4n) is 4.64. The molecule has 3 aromatic carbocycles. The topological polar surface area (TPSA) is 75.1 Å². The average molecular weight is 479 g/mol. The summed E-state index contributed by atoms with van der Waals surface area (Å²) in [6, 6.07) is 27.3. The van der Waals surface area contributed by atoms with Crippen LogP contribution in [-0.4, -0.2) is 33.8 Å². The molecule has 0 fully saturated rings. The summed E-state index contributed by atoms with van der Waals surface area (Å²) < 4.78 is 1.82. The van der Waals surface area contributed by atoms with E-state index in [2.05, 4.69) is 53.6 Å². The smallest absolute Gasteiger partial charge is 0.255 e. The van der Waals surface area contributed by atoms with Crippen molar-refractivity contribution in [2.45, 2.75) is 26.8 Å². The highest BCUT2D eigenvalue weighted by molar-refractivity contribution is 6.06. The maximum absolute atomic E-state index is 13.5. The molecule has 182 valence electrons. The van der Waals surface area contributed by atoms with E-state index < -0.39 is 6.04 Å². The largest absolute Gasteiger partial charge is 0.372 e. The molecule has 0 spiro atoms. The molecule has 1 aliphatic heterocycles. The second-order valence-corrected chi connectivity index (χ2v) is 8.72. The molecule has 36 heavy (non-hydrogen) atoms.